The second kappa shape index (κ2) is 6.31. The van der Waals surface area contributed by atoms with Gasteiger partial charge in [0.2, 0.25) is 0 Å². The zero-order valence-corrected chi connectivity index (χ0v) is 12.0. The van der Waals surface area contributed by atoms with Crippen LogP contribution in [-0.4, -0.2) is 38.8 Å². The fraction of sp³-hybridized carbons (Fsp3) is 0.312. The van der Waals surface area contributed by atoms with Gasteiger partial charge in [0.25, 0.3) is 5.91 Å². The van der Waals surface area contributed by atoms with E-state index in [4.69, 9.17) is 5.26 Å². The van der Waals surface area contributed by atoms with Gasteiger partial charge in [-0.3, -0.25) is 9.78 Å². The third-order valence-electron chi connectivity index (χ3n) is 3.83. The van der Waals surface area contributed by atoms with Crippen LogP contribution in [0.25, 0.3) is 11.4 Å². The van der Waals surface area contributed by atoms with E-state index >= 15 is 0 Å². The van der Waals surface area contributed by atoms with E-state index in [2.05, 4.69) is 21.0 Å². The number of aromatic nitrogens is 3. The Kier molecular flexibility index (Phi) is 4.05. The van der Waals surface area contributed by atoms with Gasteiger partial charge in [0.1, 0.15) is 12.0 Å². The van der Waals surface area contributed by atoms with Crippen LogP contribution in [0.5, 0.6) is 0 Å². The lowest BCUT2D eigenvalue weighted by Gasteiger charge is -2.29. The van der Waals surface area contributed by atoms with Crippen molar-refractivity contribution in [3.05, 3.63) is 42.5 Å². The molecule has 0 atom stereocenters. The molecule has 0 aliphatic carbocycles. The van der Waals surface area contributed by atoms with E-state index in [1.165, 1.54) is 6.33 Å². The molecule has 2 aromatic rings. The Bertz CT molecular complexity index is 702. The van der Waals surface area contributed by atoms with Gasteiger partial charge in [-0.15, -0.1) is 0 Å². The third kappa shape index (κ3) is 2.79. The van der Waals surface area contributed by atoms with Gasteiger partial charge in [0.15, 0.2) is 0 Å². The van der Waals surface area contributed by atoms with Gasteiger partial charge in [-0.1, -0.05) is 0 Å². The van der Waals surface area contributed by atoms with Gasteiger partial charge >= 0.3 is 0 Å². The van der Waals surface area contributed by atoms with Gasteiger partial charge in [-0.25, -0.2) is 9.97 Å². The zero-order valence-electron chi connectivity index (χ0n) is 12.0. The molecule has 2 aromatic heterocycles. The molecule has 0 spiro atoms. The monoisotopic (exact) mass is 293 g/mol. The number of amides is 1. The number of hydrogen-bond donors (Lipinski definition) is 0. The zero-order chi connectivity index (χ0) is 15.4. The maximum absolute atomic E-state index is 12.7. The summed E-state index contributed by atoms with van der Waals surface area (Å²) in [5.74, 6) is -0.00242. The minimum atomic E-state index is -0.0573. The minimum Gasteiger partial charge on any atom is -0.338 e. The molecule has 3 heterocycles. The van der Waals surface area contributed by atoms with Gasteiger partial charge < -0.3 is 4.90 Å². The van der Waals surface area contributed by atoms with Crippen molar-refractivity contribution in [1.29, 1.82) is 5.26 Å². The lowest BCUT2D eigenvalue weighted by Crippen LogP contribution is -2.38. The van der Waals surface area contributed by atoms with Gasteiger partial charge in [-0.05, 0) is 31.0 Å². The molecular formula is C16H15N5O. The molecule has 1 saturated heterocycles. The first-order valence-electron chi connectivity index (χ1n) is 7.20. The summed E-state index contributed by atoms with van der Waals surface area (Å²) >= 11 is 0. The van der Waals surface area contributed by atoms with Crippen molar-refractivity contribution in [2.24, 2.45) is 5.92 Å². The maximum atomic E-state index is 12.7. The van der Waals surface area contributed by atoms with Crippen molar-refractivity contribution in [2.75, 3.05) is 13.1 Å². The second-order valence-corrected chi connectivity index (χ2v) is 5.19. The number of rotatable bonds is 2. The first-order chi connectivity index (χ1) is 10.8. The summed E-state index contributed by atoms with van der Waals surface area (Å²) in [6.45, 7) is 1.21. The Morgan fingerprint density at radius 1 is 1.23 bits per heavy atom. The molecule has 0 saturated carbocycles. The summed E-state index contributed by atoms with van der Waals surface area (Å²) < 4.78 is 0. The molecule has 1 fully saturated rings. The summed E-state index contributed by atoms with van der Waals surface area (Å²) in [5.41, 5.74) is 1.74. The molecule has 1 aliphatic heterocycles. The van der Waals surface area contributed by atoms with Gasteiger partial charge in [0, 0.05) is 31.4 Å². The summed E-state index contributed by atoms with van der Waals surface area (Å²) in [6, 6.07) is 7.53. The van der Waals surface area contributed by atoms with E-state index in [0.29, 0.717) is 30.0 Å². The lowest BCUT2D eigenvalue weighted by molar-refractivity contribution is 0.0707. The number of nitriles is 1. The number of likely N-dealkylation sites (tertiary alicyclic amines) is 1. The smallest absolute Gasteiger partial charge is 0.256 e. The molecule has 22 heavy (non-hydrogen) atoms. The Hall–Kier alpha value is -2.81. The van der Waals surface area contributed by atoms with Crippen LogP contribution < -0.4 is 0 Å². The Morgan fingerprint density at radius 3 is 2.73 bits per heavy atom. The molecule has 6 nitrogen and oxygen atoms in total. The number of pyridine rings is 1. The quantitative estimate of drug-likeness (QED) is 0.844. The van der Waals surface area contributed by atoms with Gasteiger partial charge in [-0.2, -0.15) is 5.26 Å². The molecule has 6 heteroatoms. The van der Waals surface area contributed by atoms with Crippen LogP contribution in [0.1, 0.15) is 23.2 Å². The molecule has 0 radical (unpaired) electrons. The van der Waals surface area contributed by atoms with Crippen molar-refractivity contribution < 1.29 is 4.79 Å². The van der Waals surface area contributed by atoms with E-state index in [1.807, 2.05) is 0 Å². The van der Waals surface area contributed by atoms with Crippen LogP contribution in [-0.2, 0) is 0 Å². The molecule has 1 aliphatic rings. The van der Waals surface area contributed by atoms with E-state index in [9.17, 15) is 4.79 Å². The van der Waals surface area contributed by atoms with Crippen molar-refractivity contribution in [1.82, 2.24) is 19.9 Å². The number of piperidine rings is 1. The average molecular weight is 293 g/mol. The van der Waals surface area contributed by atoms with Crippen LogP contribution in [0.4, 0.5) is 0 Å². The lowest BCUT2D eigenvalue weighted by atomic mass is 9.97. The van der Waals surface area contributed by atoms with E-state index in [1.54, 1.807) is 35.5 Å². The topological polar surface area (TPSA) is 82.8 Å². The molecule has 1 amide bonds. The molecule has 0 bridgehead atoms. The molecular weight excluding hydrogens is 278 g/mol. The maximum Gasteiger partial charge on any atom is 0.256 e. The Morgan fingerprint density at radius 2 is 2.05 bits per heavy atom. The molecule has 3 rings (SSSR count). The first-order valence-corrected chi connectivity index (χ1v) is 7.20. The van der Waals surface area contributed by atoms with Crippen molar-refractivity contribution in [3.8, 4) is 17.5 Å². The number of carbonyl (C=O) groups is 1. The largest absolute Gasteiger partial charge is 0.338 e. The number of nitrogens with zero attached hydrogens (tertiary/aromatic N) is 5. The highest BCUT2D eigenvalue weighted by molar-refractivity contribution is 5.99. The fourth-order valence-electron chi connectivity index (χ4n) is 2.59. The standard InChI is InChI=1S/C16H15N5O/c17-10-12-4-8-21(9-5-12)16(22)13-2-1-6-19-15(13)14-3-7-18-11-20-14/h1-3,6-7,11-12H,4-5,8-9H2. The van der Waals surface area contributed by atoms with Crippen LogP contribution in [0.2, 0.25) is 0 Å². The van der Waals surface area contributed by atoms with Crippen LogP contribution in [0.15, 0.2) is 36.9 Å². The first kappa shape index (κ1) is 14.1. The number of carbonyl (C=O) groups excluding carboxylic acids is 1. The highest BCUT2D eigenvalue weighted by Gasteiger charge is 2.25. The average Bonchev–Trinajstić information content (AvgIpc) is 2.62. The van der Waals surface area contributed by atoms with Crippen LogP contribution in [0.3, 0.4) is 0 Å². The van der Waals surface area contributed by atoms with E-state index in [-0.39, 0.29) is 11.8 Å². The van der Waals surface area contributed by atoms with Crippen LogP contribution >= 0.6 is 0 Å². The summed E-state index contributed by atoms with van der Waals surface area (Å²) in [7, 11) is 0. The van der Waals surface area contributed by atoms with Crippen LogP contribution in [0, 0.1) is 17.2 Å². The SMILES string of the molecule is N#CC1CCN(C(=O)c2cccnc2-c2ccncn2)CC1. The van der Waals surface area contributed by atoms with E-state index < -0.39 is 0 Å². The van der Waals surface area contributed by atoms with Crippen molar-refractivity contribution in [3.63, 3.8) is 0 Å². The molecule has 0 N–H and O–H groups in total. The van der Waals surface area contributed by atoms with E-state index in [0.717, 1.165) is 12.8 Å². The van der Waals surface area contributed by atoms with Crippen molar-refractivity contribution >= 4 is 5.91 Å². The molecule has 0 aromatic carbocycles. The minimum absolute atomic E-state index is 0.0549. The predicted octanol–water partition coefficient (Wildman–Crippen LogP) is 1.91. The third-order valence-corrected chi connectivity index (χ3v) is 3.83. The molecule has 110 valence electrons. The predicted molar refractivity (Wildman–Crippen MR) is 79.5 cm³/mol. The Balaban J connectivity index is 1.87. The second-order valence-electron chi connectivity index (χ2n) is 5.19. The van der Waals surface area contributed by atoms with Crippen molar-refractivity contribution in [2.45, 2.75) is 12.8 Å². The summed E-state index contributed by atoms with van der Waals surface area (Å²) in [6.07, 6.45) is 6.17. The number of hydrogen-bond acceptors (Lipinski definition) is 5. The van der Waals surface area contributed by atoms with Gasteiger partial charge in [0.05, 0.1) is 17.3 Å². The summed E-state index contributed by atoms with van der Waals surface area (Å²) in [5, 5.41) is 8.95. The molecule has 0 unspecified atom stereocenters. The summed E-state index contributed by atoms with van der Waals surface area (Å²) in [4.78, 5) is 26.9. The Labute approximate surface area is 128 Å². The highest BCUT2D eigenvalue weighted by Crippen LogP contribution is 2.23. The normalized spacial score (nSPS) is 15.3. The fourth-order valence-corrected chi connectivity index (χ4v) is 2.59. The highest BCUT2D eigenvalue weighted by atomic mass is 16.2.